The Morgan fingerprint density at radius 2 is 1.79 bits per heavy atom. The molecule has 1 fully saturated rings. The number of methoxy groups -OCH3 is 2. The lowest BCUT2D eigenvalue weighted by Crippen LogP contribution is -2.15. The zero-order valence-corrected chi connectivity index (χ0v) is 20.9. The van der Waals surface area contributed by atoms with Crippen molar-refractivity contribution in [2.75, 3.05) is 24.3 Å². The van der Waals surface area contributed by atoms with Crippen molar-refractivity contribution in [3.63, 3.8) is 0 Å². The number of amides is 1. The molecule has 1 aliphatic carbocycles. The van der Waals surface area contributed by atoms with Gasteiger partial charge in [-0.3, -0.25) is 9.52 Å². The van der Waals surface area contributed by atoms with E-state index in [2.05, 4.69) is 30.1 Å². The minimum Gasteiger partial charge on any atom is -0.481 e. The molecule has 12 nitrogen and oxygen atoms in total. The number of nitrogens with zero attached hydrogens (tertiary/aromatic N) is 5. The zero-order chi connectivity index (χ0) is 27.0. The number of nitrogens with one attached hydrogen (secondary N) is 2. The van der Waals surface area contributed by atoms with E-state index in [-0.39, 0.29) is 51.2 Å². The number of carbonyl (C=O) groups excluding carboxylic acids is 1. The number of sulfonamides is 1. The maximum absolute atomic E-state index is 13.6. The van der Waals surface area contributed by atoms with Crippen LogP contribution in [0.3, 0.4) is 0 Å². The van der Waals surface area contributed by atoms with Gasteiger partial charge in [-0.15, -0.1) is 0 Å². The molecule has 4 aromatic rings. The van der Waals surface area contributed by atoms with E-state index in [1.165, 1.54) is 56.7 Å². The number of aromatic nitrogens is 5. The van der Waals surface area contributed by atoms with Crippen LogP contribution in [0, 0.1) is 0 Å². The van der Waals surface area contributed by atoms with Crippen molar-refractivity contribution in [1.29, 1.82) is 0 Å². The van der Waals surface area contributed by atoms with Gasteiger partial charge in [-0.25, -0.2) is 26.7 Å². The van der Waals surface area contributed by atoms with Crippen molar-refractivity contribution in [3.8, 4) is 11.9 Å². The first-order valence-electron chi connectivity index (χ1n) is 11.3. The topological polar surface area (TPSA) is 150 Å². The molecule has 0 spiro atoms. The van der Waals surface area contributed by atoms with E-state index in [9.17, 15) is 22.0 Å². The highest BCUT2D eigenvalue weighted by atomic mass is 32.2. The summed E-state index contributed by atoms with van der Waals surface area (Å²) in [4.78, 5) is 24.9. The number of alkyl halides is 2. The molecule has 0 bridgehead atoms. The highest BCUT2D eigenvalue weighted by molar-refractivity contribution is 7.92. The third kappa shape index (κ3) is 5.18. The van der Waals surface area contributed by atoms with Crippen LogP contribution in [0.1, 0.15) is 47.1 Å². The number of carbonyl (C=O) groups is 1. The molecule has 1 amide bonds. The monoisotopic (exact) mass is 545 g/mol. The third-order valence-electron chi connectivity index (χ3n) is 5.66. The maximum atomic E-state index is 13.6. The third-order valence-corrected chi connectivity index (χ3v) is 7.03. The van der Waals surface area contributed by atoms with Crippen molar-refractivity contribution in [1.82, 2.24) is 24.6 Å². The first-order chi connectivity index (χ1) is 18.2. The smallest absolute Gasteiger partial charge is 0.321 e. The standard InChI is InChI=1S/C23H21F2N7O5S/c1-36-20-11-18(28-23(29-20)37-2)31-38(34,35)14-7-5-13(6-8-14)26-22(33)16-10-19-27-15(12-3-4-12)9-17(21(24)25)32(19)30-16/h5-12,21H,3-4H2,1-2H3,(H,26,33)(H,28,29,31). The Balaban J connectivity index is 1.33. The Kier molecular flexibility index (Phi) is 6.52. The lowest BCUT2D eigenvalue weighted by molar-refractivity contribution is 0.102. The van der Waals surface area contributed by atoms with Crippen LogP contribution in [0.5, 0.6) is 11.9 Å². The molecular formula is C23H21F2N7O5S. The summed E-state index contributed by atoms with van der Waals surface area (Å²) in [5.41, 5.74) is 0.524. The quantitative estimate of drug-likeness (QED) is 0.323. The van der Waals surface area contributed by atoms with E-state index in [0.717, 1.165) is 17.4 Å². The number of anilines is 2. The summed E-state index contributed by atoms with van der Waals surface area (Å²) in [6.45, 7) is 0. The van der Waals surface area contributed by atoms with Gasteiger partial charge in [-0.1, -0.05) is 0 Å². The number of fused-ring (bicyclic) bond motifs is 1. The second kappa shape index (κ2) is 9.81. The average Bonchev–Trinajstić information content (AvgIpc) is 3.66. The van der Waals surface area contributed by atoms with Crippen LogP contribution in [0.2, 0.25) is 0 Å². The van der Waals surface area contributed by atoms with Gasteiger partial charge in [0.2, 0.25) is 5.88 Å². The van der Waals surface area contributed by atoms with Gasteiger partial charge < -0.3 is 14.8 Å². The molecule has 1 aliphatic rings. The van der Waals surface area contributed by atoms with Gasteiger partial charge >= 0.3 is 6.01 Å². The van der Waals surface area contributed by atoms with Crippen molar-refractivity contribution >= 4 is 33.1 Å². The summed E-state index contributed by atoms with van der Waals surface area (Å²) in [6, 6.07) is 9.14. The Morgan fingerprint density at radius 3 is 2.42 bits per heavy atom. The predicted octanol–water partition coefficient (Wildman–Crippen LogP) is 3.40. The Bertz CT molecular complexity index is 1600. The van der Waals surface area contributed by atoms with Crippen LogP contribution in [-0.4, -0.2) is 53.1 Å². The number of hydrogen-bond acceptors (Lipinski definition) is 9. The van der Waals surface area contributed by atoms with Crippen LogP contribution in [0.25, 0.3) is 5.65 Å². The summed E-state index contributed by atoms with van der Waals surface area (Å²) in [5, 5.41) is 6.58. The molecule has 0 unspecified atom stereocenters. The van der Waals surface area contributed by atoms with Gasteiger partial charge in [0.15, 0.2) is 17.2 Å². The molecule has 3 heterocycles. The fourth-order valence-corrected chi connectivity index (χ4v) is 4.63. The Labute approximate surface area is 215 Å². The summed E-state index contributed by atoms with van der Waals surface area (Å²) in [6.07, 6.45) is -1.02. The van der Waals surface area contributed by atoms with E-state index in [1.807, 2.05) is 0 Å². The molecular weight excluding hydrogens is 524 g/mol. The maximum Gasteiger partial charge on any atom is 0.321 e. The number of hydrogen-bond donors (Lipinski definition) is 2. The molecule has 198 valence electrons. The molecule has 0 aliphatic heterocycles. The summed E-state index contributed by atoms with van der Waals surface area (Å²) in [7, 11) is -1.37. The summed E-state index contributed by atoms with van der Waals surface area (Å²) < 4.78 is 66.0. The van der Waals surface area contributed by atoms with Crippen LogP contribution >= 0.6 is 0 Å². The van der Waals surface area contributed by atoms with E-state index in [4.69, 9.17) is 9.47 Å². The number of benzene rings is 1. The summed E-state index contributed by atoms with van der Waals surface area (Å²) >= 11 is 0. The van der Waals surface area contributed by atoms with Crippen molar-refractivity contribution in [2.45, 2.75) is 30.1 Å². The fraction of sp³-hybridized carbons (Fsp3) is 0.261. The van der Waals surface area contributed by atoms with Crippen molar-refractivity contribution < 1.29 is 31.5 Å². The number of ether oxygens (including phenoxy) is 2. The molecule has 1 aromatic carbocycles. The molecule has 5 rings (SSSR count). The molecule has 0 atom stereocenters. The van der Waals surface area contributed by atoms with Crippen LogP contribution in [0.15, 0.2) is 47.4 Å². The van der Waals surface area contributed by atoms with Gasteiger partial charge in [0.25, 0.3) is 22.4 Å². The number of halogens is 2. The SMILES string of the molecule is COc1cc(NS(=O)(=O)c2ccc(NC(=O)c3cc4nc(C5CC5)cc(C(F)F)n4n3)cc2)nc(OC)n1. The predicted molar refractivity (Wildman–Crippen MR) is 130 cm³/mol. The highest BCUT2D eigenvalue weighted by Crippen LogP contribution is 2.40. The first kappa shape index (κ1) is 25.3. The minimum atomic E-state index is -4.06. The van der Waals surface area contributed by atoms with E-state index >= 15 is 0 Å². The fourth-order valence-electron chi connectivity index (χ4n) is 3.63. The van der Waals surface area contributed by atoms with Gasteiger partial charge in [0, 0.05) is 29.4 Å². The molecule has 0 saturated heterocycles. The van der Waals surface area contributed by atoms with Crippen LogP contribution in [-0.2, 0) is 10.0 Å². The van der Waals surface area contributed by atoms with E-state index in [1.54, 1.807) is 0 Å². The number of rotatable bonds is 9. The normalized spacial score (nSPS) is 13.5. The molecule has 15 heteroatoms. The summed E-state index contributed by atoms with van der Waals surface area (Å²) in [5.74, 6) is -0.497. The van der Waals surface area contributed by atoms with E-state index < -0.39 is 22.4 Å². The second-order valence-corrected chi connectivity index (χ2v) is 10.0. The molecule has 1 saturated carbocycles. The van der Waals surface area contributed by atoms with Gasteiger partial charge in [-0.2, -0.15) is 15.1 Å². The van der Waals surface area contributed by atoms with Crippen molar-refractivity contribution in [2.24, 2.45) is 0 Å². The lowest BCUT2D eigenvalue weighted by Gasteiger charge is -2.10. The van der Waals surface area contributed by atoms with Crippen LogP contribution < -0.4 is 19.5 Å². The Morgan fingerprint density at radius 1 is 1.05 bits per heavy atom. The van der Waals surface area contributed by atoms with Gasteiger partial charge in [0.1, 0.15) is 5.69 Å². The van der Waals surface area contributed by atoms with Crippen LogP contribution in [0.4, 0.5) is 20.3 Å². The molecule has 38 heavy (non-hydrogen) atoms. The Hall–Kier alpha value is -4.40. The highest BCUT2D eigenvalue weighted by Gasteiger charge is 2.28. The lowest BCUT2D eigenvalue weighted by atomic mass is 10.2. The first-order valence-corrected chi connectivity index (χ1v) is 12.7. The van der Waals surface area contributed by atoms with Gasteiger partial charge in [0.05, 0.1) is 19.1 Å². The zero-order valence-electron chi connectivity index (χ0n) is 20.1. The molecule has 0 radical (unpaired) electrons. The minimum absolute atomic E-state index is 0.0699. The molecule has 3 aromatic heterocycles. The second-order valence-electron chi connectivity index (χ2n) is 8.35. The van der Waals surface area contributed by atoms with E-state index in [0.29, 0.717) is 5.69 Å². The van der Waals surface area contributed by atoms with Gasteiger partial charge in [-0.05, 0) is 43.2 Å². The van der Waals surface area contributed by atoms with Crippen molar-refractivity contribution in [3.05, 3.63) is 59.5 Å². The largest absolute Gasteiger partial charge is 0.481 e. The average molecular weight is 546 g/mol. The molecule has 2 N–H and O–H groups in total.